The maximum absolute atomic E-state index is 11.0. The van der Waals surface area contributed by atoms with Crippen molar-refractivity contribution in [3.8, 4) is 5.75 Å². The molecule has 1 aromatic rings. The molecule has 19 heavy (non-hydrogen) atoms. The van der Waals surface area contributed by atoms with Gasteiger partial charge in [0.15, 0.2) is 5.75 Å². The summed E-state index contributed by atoms with van der Waals surface area (Å²) in [7, 11) is 3.00. The Bertz CT molecular complexity index is 411. The summed E-state index contributed by atoms with van der Waals surface area (Å²) < 4.78 is 15.1. The molecule has 7 nitrogen and oxygen atoms in total. The summed E-state index contributed by atoms with van der Waals surface area (Å²) >= 11 is 0. The first-order valence-electron chi connectivity index (χ1n) is 5.82. The largest absolute Gasteiger partial charge is 0.490 e. The Morgan fingerprint density at radius 1 is 1.26 bits per heavy atom. The van der Waals surface area contributed by atoms with E-state index in [1.54, 1.807) is 25.3 Å². The molecule has 0 heterocycles. The first-order valence-corrected chi connectivity index (χ1v) is 5.82. The zero-order valence-electron chi connectivity index (χ0n) is 11.0. The standard InChI is InChI=1S/C12H18N2O5/c1-17-8-9-19-7-6-13-10-4-3-5-11(18-2)12(10)14(15)16/h3-5,13H,6-9H2,1-2H3. The number of nitrogens with one attached hydrogen (secondary N) is 1. The minimum Gasteiger partial charge on any atom is -0.490 e. The monoisotopic (exact) mass is 270 g/mol. The molecular weight excluding hydrogens is 252 g/mol. The van der Waals surface area contributed by atoms with E-state index in [1.807, 2.05) is 0 Å². The molecule has 106 valence electrons. The van der Waals surface area contributed by atoms with Gasteiger partial charge in [-0.25, -0.2) is 0 Å². The van der Waals surface area contributed by atoms with Crippen molar-refractivity contribution in [2.45, 2.75) is 0 Å². The third-order valence-corrected chi connectivity index (χ3v) is 2.40. The van der Waals surface area contributed by atoms with Crippen LogP contribution in [-0.4, -0.2) is 45.5 Å². The number of rotatable bonds is 9. The average molecular weight is 270 g/mol. The molecule has 0 saturated heterocycles. The third-order valence-electron chi connectivity index (χ3n) is 2.40. The smallest absolute Gasteiger partial charge is 0.333 e. The molecule has 0 bridgehead atoms. The van der Waals surface area contributed by atoms with E-state index in [9.17, 15) is 10.1 Å². The van der Waals surface area contributed by atoms with Crippen molar-refractivity contribution in [2.75, 3.05) is 45.9 Å². The Balaban J connectivity index is 2.55. The SMILES string of the molecule is COCCOCCNc1cccc(OC)c1[N+](=O)[O-]. The van der Waals surface area contributed by atoms with Gasteiger partial charge in [-0.3, -0.25) is 10.1 Å². The summed E-state index contributed by atoms with van der Waals surface area (Å²) in [5, 5.41) is 14.0. The van der Waals surface area contributed by atoms with Gasteiger partial charge in [-0.2, -0.15) is 0 Å². The van der Waals surface area contributed by atoms with E-state index in [-0.39, 0.29) is 11.4 Å². The van der Waals surface area contributed by atoms with Crippen LogP contribution in [0.2, 0.25) is 0 Å². The number of hydrogen-bond donors (Lipinski definition) is 1. The number of hydrogen-bond acceptors (Lipinski definition) is 6. The van der Waals surface area contributed by atoms with Gasteiger partial charge in [0.1, 0.15) is 5.69 Å². The zero-order chi connectivity index (χ0) is 14.1. The molecule has 0 amide bonds. The number of nitrogens with zero attached hydrogens (tertiary/aromatic N) is 1. The Kier molecular flexibility index (Phi) is 6.62. The summed E-state index contributed by atoms with van der Waals surface area (Å²) in [6, 6.07) is 4.88. The van der Waals surface area contributed by atoms with Gasteiger partial charge in [0.05, 0.1) is 31.9 Å². The maximum Gasteiger partial charge on any atom is 0.333 e. The molecule has 1 rings (SSSR count). The van der Waals surface area contributed by atoms with Gasteiger partial charge in [-0.1, -0.05) is 6.07 Å². The lowest BCUT2D eigenvalue weighted by Crippen LogP contribution is -2.13. The van der Waals surface area contributed by atoms with Crippen LogP contribution in [0.4, 0.5) is 11.4 Å². The Hall–Kier alpha value is -1.86. The van der Waals surface area contributed by atoms with Gasteiger partial charge in [-0.05, 0) is 12.1 Å². The lowest BCUT2D eigenvalue weighted by Gasteiger charge is -2.09. The van der Waals surface area contributed by atoms with Crippen LogP contribution in [-0.2, 0) is 9.47 Å². The van der Waals surface area contributed by atoms with Gasteiger partial charge in [-0.15, -0.1) is 0 Å². The minimum atomic E-state index is -0.465. The van der Waals surface area contributed by atoms with Crippen LogP contribution in [0.3, 0.4) is 0 Å². The first kappa shape index (κ1) is 15.2. The molecule has 0 aliphatic rings. The number of nitro groups is 1. The summed E-state index contributed by atoms with van der Waals surface area (Å²) in [6.07, 6.45) is 0. The van der Waals surface area contributed by atoms with Gasteiger partial charge in [0, 0.05) is 13.7 Å². The number of para-hydroxylation sites is 1. The minimum absolute atomic E-state index is 0.0677. The van der Waals surface area contributed by atoms with Crippen molar-refractivity contribution < 1.29 is 19.1 Å². The van der Waals surface area contributed by atoms with E-state index in [1.165, 1.54) is 7.11 Å². The molecule has 0 atom stereocenters. The van der Waals surface area contributed by atoms with Crippen LogP contribution >= 0.6 is 0 Å². The highest BCUT2D eigenvalue weighted by Gasteiger charge is 2.19. The second-order valence-corrected chi connectivity index (χ2v) is 3.65. The number of benzene rings is 1. The highest BCUT2D eigenvalue weighted by Crippen LogP contribution is 2.34. The fraction of sp³-hybridized carbons (Fsp3) is 0.500. The molecule has 0 aliphatic heterocycles. The first-order chi connectivity index (χ1) is 9.20. The third kappa shape index (κ3) is 4.72. The number of ether oxygens (including phenoxy) is 3. The van der Waals surface area contributed by atoms with Gasteiger partial charge < -0.3 is 19.5 Å². The maximum atomic E-state index is 11.0. The van der Waals surface area contributed by atoms with Crippen molar-refractivity contribution in [1.29, 1.82) is 0 Å². The summed E-state index contributed by atoms with van der Waals surface area (Å²) in [5.74, 6) is 0.232. The quantitative estimate of drug-likeness (QED) is 0.417. The van der Waals surface area contributed by atoms with Crippen LogP contribution in [0.25, 0.3) is 0 Å². The van der Waals surface area contributed by atoms with E-state index in [2.05, 4.69) is 5.32 Å². The van der Waals surface area contributed by atoms with Gasteiger partial charge >= 0.3 is 5.69 Å². The molecule has 0 saturated carbocycles. The fourth-order valence-corrected chi connectivity index (χ4v) is 1.52. The van der Waals surface area contributed by atoms with Crippen LogP contribution in [0.1, 0.15) is 0 Å². The number of anilines is 1. The van der Waals surface area contributed by atoms with Crippen molar-refractivity contribution in [3.63, 3.8) is 0 Å². The summed E-state index contributed by atoms with van der Waals surface area (Å²) in [5.41, 5.74) is 0.349. The van der Waals surface area contributed by atoms with E-state index < -0.39 is 4.92 Å². The van der Waals surface area contributed by atoms with Crippen LogP contribution in [0, 0.1) is 10.1 Å². The van der Waals surface area contributed by atoms with Crippen molar-refractivity contribution >= 4 is 11.4 Å². The summed E-state index contributed by atoms with van der Waals surface area (Å²) in [6.45, 7) is 1.94. The molecule has 0 radical (unpaired) electrons. The van der Waals surface area contributed by atoms with Crippen molar-refractivity contribution in [3.05, 3.63) is 28.3 Å². The summed E-state index contributed by atoms with van der Waals surface area (Å²) in [4.78, 5) is 10.5. The predicted molar refractivity (Wildman–Crippen MR) is 70.8 cm³/mol. The topological polar surface area (TPSA) is 82.9 Å². The Morgan fingerprint density at radius 3 is 2.68 bits per heavy atom. The lowest BCUT2D eigenvalue weighted by atomic mass is 10.2. The van der Waals surface area contributed by atoms with Crippen molar-refractivity contribution in [2.24, 2.45) is 0 Å². The van der Waals surface area contributed by atoms with E-state index in [0.717, 1.165) is 0 Å². The number of nitro benzene ring substituents is 1. The molecule has 0 fully saturated rings. The lowest BCUT2D eigenvalue weighted by molar-refractivity contribution is -0.384. The predicted octanol–water partition coefficient (Wildman–Crippen LogP) is 1.68. The van der Waals surface area contributed by atoms with Gasteiger partial charge in [0.25, 0.3) is 0 Å². The highest BCUT2D eigenvalue weighted by molar-refractivity contribution is 5.68. The molecule has 7 heteroatoms. The molecule has 0 aromatic heterocycles. The Morgan fingerprint density at radius 2 is 2.05 bits per heavy atom. The van der Waals surface area contributed by atoms with Crippen molar-refractivity contribution in [1.82, 2.24) is 0 Å². The fourth-order valence-electron chi connectivity index (χ4n) is 1.52. The molecule has 1 N–H and O–H groups in total. The molecule has 0 aliphatic carbocycles. The molecule has 1 aromatic carbocycles. The normalized spacial score (nSPS) is 10.2. The van der Waals surface area contributed by atoms with Crippen LogP contribution < -0.4 is 10.1 Å². The highest BCUT2D eigenvalue weighted by atomic mass is 16.6. The van der Waals surface area contributed by atoms with Gasteiger partial charge in [0.2, 0.25) is 0 Å². The molecule has 0 spiro atoms. The molecule has 0 unspecified atom stereocenters. The number of methoxy groups -OCH3 is 2. The second kappa shape index (κ2) is 8.28. The van der Waals surface area contributed by atoms with Crippen LogP contribution in [0.15, 0.2) is 18.2 Å². The van der Waals surface area contributed by atoms with E-state index in [4.69, 9.17) is 14.2 Å². The van der Waals surface area contributed by atoms with Crippen LogP contribution in [0.5, 0.6) is 5.75 Å². The average Bonchev–Trinajstić information content (AvgIpc) is 2.42. The molecular formula is C12H18N2O5. The van der Waals surface area contributed by atoms with E-state index >= 15 is 0 Å². The second-order valence-electron chi connectivity index (χ2n) is 3.65. The zero-order valence-corrected chi connectivity index (χ0v) is 11.0. The Labute approximate surface area is 111 Å². The van der Waals surface area contributed by atoms with E-state index in [0.29, 0.717) is 32.1 Å².